The van der Waals surface area contributed by atoms with Crippen molar-refractivity contribution in [2.24, 2.45) is 0 Å². The van der Waals surface area contributed by atoms with Crippen molar-refractivity contribution in [3.8, 4) is 0 Å². The number of halogens is 3. The minimum atomic E-state index is -3.24. The van der Waals surface area contributed by atoms with E-state index < -0.39 is 16.7 Å². The first-order valence-corrected chi connectivity index (χ1v) is 13.7. The average Bonchev–Trinajstić information content (AvgIpc) is 2.11. The molecule has 0 N–H and O–H groups in total. The summed E-state index contributed by atoms with van der Waals surface area (Å²) in [5.74, 6) is 0. The van der Waals surface area contributed by atoms with Crippen molar-refractivity contribution in [1.29, 1.82) is 0 Å². The molecule has 0 spiro atoms. The Balaban J connectivity index is 2.86. The number of allylic oxidation sites excluding steroid dienone is 4. The summed E-state index contributed by atoms with van der Waals surface area (Å²) in [5, 5.41) is 0. The molecule has 10 heavy (non-hydrogen) atoms. The van der Waals surface area contributed by atoms with Crippen molar-refractivity contribution in [3.63, 3.8) is 0 Å². The Kier molecular flexibility index (Phi) is 3.09. The van der Waals surface area contributed by atoms with Crippen LogP contribution in [0.2, 0.25) is 0 Å². The van der Waals surface area contributed by atoms with E-state index in [0.717, 1.165) is 15.3 Å². The fraction of sp³-hybridized carbons (Fsp3) is 0.333. The van der Waals surface area contributed by atoms with Gasteiger partial charge in [0.1, 0.15) is 0 Å². The number of rotatable bonds is 1. The molecule has 1 aliphatic carbocycles. The van der Waals surface area contributed by atoms with E-state index in [2.05, 4.69) is 0 Å². The summed E-state index contributed by atoms with van der Waals surface area (Å²) in [6.07, 6.45) is 4.93. The Bertz CT molecular complexity index is 200. The quantitative estimate of drug-likeness (QED) is 0.683. The van der Waals surface area contributed by atoms with Gasteiger partial charge in [0.05, 0.1) is 0 Å². The monoisotopic (exact) mass is 274 g/mol. The topological polar surface area (TPSA) is 0 Å². The first-order valence-electron chi connectivity index (χ1n) is 2.95. The average molecular weight is 277 g/mol. The molecule has 0 aromatic heterocycles. The Hall–Kier alpha value is 1.23. The third-order valence-electron chi connectivity index (χ3n) is 1.51. The molecule has 0 bridgehead atoms. The molecule has 0 radical (unpaired) electrons. The zero-order valence-corrected chi connectivity index (χ0v) is 10.2. The van der Waals surface area contributed by atoms with Crippen molar-refractivity contribution in [2.45, 2.75) is 13.3 Å². The third kappa shape index (κ3) is 2.11. The van der Waals surface area contributed by atoms with Gasteiger partial charge in [-0.1, -0.05) is 0 Å². The second-order valence-electron chi connectivity index (χ2n) is 2.27. The first kappa shape index (κ1) is 9.32. The molecule has 4 heteroatoms. The molecule has 0 heterocycles. The van der Waals surface area contributed by atoms with Crippen LogP contribution in [0.5, 0.6) is 0 Å². The van der Waals surface area contributed by atoms with Crippen LogP contribution in [0.4, 0.5) is 0 Å². The van der Waals surface area contributed by atoms with Gasteiger partial charge >= 0.3 is 76.6 Å². The van der Waals surface area contributed by atoms with Crippen LogP contribution in [-0.4, -0.2) is 0 Å². The SMILES string of the molecule is CC1=[C]([Zr]([Cl])([Cl])[Cl])CC=C1. The van der Waals surface area contributed by atoms with E-state index in [1.807, 2.05) is 19.1 Å². The maximum atomic E-state index is 5.88. The summed E-state index contributed by atoms with van der Waals surface area (Å²) in [6, 6.07) is 0. The third-order valence-corrected chi connectivity index (χ3v) is 8.71. The normalized spacial score (nSPS) is 18.8. The summed E-state index contributed by atoms with van der Waals surface area (Å²) in [6.45, 7) is 2.00. The molecule has 56 valence electrons. The number of hydrogen-bond acceptors (Lipinski definition) is 0. The maximum absolute atomic E-state index is 5.88. The summed E-state index contributed by atoms with van der Waals surface area (Å²) in [4.78, 5) is 0. The Morgan fingerprint density at radius 2 is 2.00 bits per heavy atom. The molecular formula is C6H7Cl3Zr. The Labute approximate surface area is 75.9 Å². The van der Waals surface area contributed by atoms with Gasteiger partial charge in [-0.2, -0.15) is 0 Å². The van der Waals surface area contributed by atoms with E-state index in [4.69, 9.17) is 25.5 Å². The zero-order chi connectivity index (χ0) is 7.78. The summed E-state index contributed by atoms with van der Waals surface area (Å²) >= 11 is -3.24. The molecule has 0 nitrogen and oxygen atoms in total. The summed E-state index contributed by atoms with van der Waals surface area (Å²) < 4.78 is 1.10. The van der Waals surface area contributed by atoms with Crippen LogP contribution < -0.4 is 0 Å². The van der Waals surface area contributed by atoms with Gasteiger partial charge in [-0.05, 0) is 0 Å². The van der Waals surface area contributed by atoms with Gasteiger partial charge < -0.3 is 0 Å². The van der Waals surface area contributed by atoms with E-state index in [1.54, 1.807) is 0 Å². The van der Waals surface area contributed by atoms with Crippen LogP contribution in [-0.2, 0) is 16.7 Å². The molecule has 0 saturated heterocycles. The summed E-state index contributed by atoms with van der Waals surface area (Å²) in [7, 11) is 17.6. The van der Waals surface area contributed by atoms with Crippen LogP contribution >= 0.6 is 25.5 Å². The van der Waals surface area contributed by atoms with E-state index in [9.17, 15) is 0 Å². The molecule has 0 aromatic carbocycles. The minimum absolute atomic E-state index is 0.860. The van der Waals surface area contributed by atoms with E-state index >= 15 is 0 Å². The fourth-order valence-corrected chi connectivity index (χ4v) is 7.13. The van der Waals surface area contributed by atoms with Crippen molar-refractivity contribution in [2.75, 3.05) is 0 Å². The van der Waals surface area contributed by atoms with Gasteiger partial charge in [0.25, 0.3) is 0 Å². The van der Waals surface area contributed by atoms with Crippen molar-refractivity contribution in [1.82, 2.24) is 0 Å². The van der Waals surface area contributed by atoms with Gasteiger partial charge in [0.2, 0.25) is 0 Å². The van der Waals surface area contributed by atoms with Gasteiger partial charge in [-0.15, -0.1) is 0 Å². The van der Waals surface area contributed by atoms with E-state index in [0.29, 0.717) is 0 Å². The zero-order valence-electron chi connectivity index (χ0n) is 5.50. The predicted molar refractivity (Wildman–Crippen MR) is 44.0 cm³/mol. The molecule has 0 aliphatic heterocycles. The molecule has 0 aromatic rings. The molecule has 0 atom stereocenters. The Morgan fingerprint density at radius 1 is 1.40 bits per heavy atom. The van der Waals surface area contributed by atoms with Crippen molar-refractivity contribution in [3.05, 3.63) is 21.0 Å². The van der Waals surface area contributed by atoms with Crippen molar-refractivity contribution < 1.29 is 16.7 Å². The molecular weight excluding hydrogens is 270 g/mol. The van der Waals surface area contributed by atoms with Gasteiger partial charge in [-0.3, -0.25) is 0 Å². The molecule has 1 rings (SSSR count). The van der Waals surface area contributed by atoms with Crippen LogP contribution in [0, 0.1) is 0 Å². The van der Waals surface area contributed by atoms with Crippen LogP contribution in [0.15, 0.2) is 21.0 Å². The Morgan fingerprint density at radius 3 is 2.20 bits per heavy atom. The second-order valence-corrected chi connectivity index (χ2v) is 19.7. The van der Waals surface area contributed by atoms with Crippen molar-refractivity contribution >= 4 is 25.5 Å². The van der Waals surface area contributed by atoms with Gasteiger partial charge in [0, 0.05) is 0 Å². The predicted octanol–water partition coefficient (Wildman–Crippen LogP) is 3.84. The standard InChI is InChI=1S/C6H7.3ClH.Zr/c1-6-4-2-3-5-6;;;;/h2,4H,3H2,1H3;3*1H;/q;;;;+3/p-3. The fourth-order valence-electron chi connectivity index (χ4n) is 0.954. The van der Waals surface area contributed by atoms with Crippen LogP contribution in [0.1, 0.15) is 13.3 Å². The van der Waals surface area contributed by atoms with E-state index in [1.165, 1.54) is 0 Å². The molecule has 0 fully saturated rings. The van der Waals surface area contributed by atoms with Crippen LogP contribution in [0.3, 0.4) is 0 Å². The first-order chi connectivity index (χ1) is 4.52. The molecule has 1 aliphatic rings. The number of hydrogen-bond donors (Lipinski definition) is 0. The van der Waals surface area contributed by atoms with Gasteiger partial charge in [-0.25, -0.2) is 0 Å². The van der Waals surface area contributed by atoms with Crippen LogP contribution in [0.25, 0.3) is 0 Å². The molecule has 0 amide bonds. The molecule has 0 saturated carbocycles. The second kappa shape index (κ2) is 3.31. The van der Waals surface area contributed by atoms with Gasteiger partial charge in [0.15, 0.2) is 0 Å². The van der Waals surface area contributed by atoms with E-state index in [-0.39, 0.29) is 0 Å². The summed E-state index contributed by atoms with van der Waals surface area (Å²) in [5.41, 5.74) is 1.16. The molecule has 0 unspecified atom stereocenters.